The van der Waals surface area contributed by atoms with Crippen LogP contribution in [0.5, 0.6) is 5.75 Å². The van der Waals surface area contributed by atoms with Gasteiger partial charge in [0.05, 0.1) is 12.1 Å². The molecule has 21 heavy (non-hydrogen) atoms. The number of allylic oxidation sites excluding steroid dienone is 2. The molecular formula is C15H11F3N2O. The maximum absolute atomic E-state index is 12.1. The second kappa shape index (κ2) is 5.49. The van der Waals surface area contributed by atoms with E-state index in [9.17, 15) is 23.7 Å². The van der Waals surface area contributed by atoms with Crippen molar-refractivity contribution in [2.45, 2.75) is 19.2 Å². The van der Waals surface area contributed by atoms with E-state index >= 15 is 0 Å². The molecule has 0 radical (unpaired) electrons. The normalized spacial score (nSPS) is 17.5. The highest BCUT2D eigenvalue weighted by Crippen LogP contribution is 2.39. The number of nitrogens with zero attached hydrogens (tertiary/aromatic N) is 2. The fourth-order valence-electron chi connectivity index (χ4n) is 2.17. The van der Waals surface area contributed by atoms with Crippen LogP contribution in [0.3, 0.4) is 0 Å². The second-order valence-electron chi connectivity index (χ2n) is 4.83. The van der Waals surface area contributed by atoms with E-state index in [0.29, 0.717) is 12.0 Å². The molecular weight excluding hydrogens is 281 g/mol. The molecule has 1 atom stereocenters. The minimum absolute atomic E-state index is 0.140. The number of hydrogen-bond donors (Lipinski definition) is 0. The lowest BCUT2D eigenvalue weighted by Crippen LogP contribution is -2.31. The van der Waals surface area contributed by atoms with Crippen LogP contribution in [0, 0.1) is 34.0 Å². The van der Waals surface area contributed by atoms with Crippen molar-refractivity contribution in [2.24, 2.45) is 11.3 Å². The van der Waals surface area contributed by atoms with Crippen LogP contribution in [0.1, 0.15) is 12.0 Å². The third-order valence-electron chi connectivity index (χ3n) is 3.43. The zero-order chi connectivity index (χ0) is 15.5. The van der Waals surface area contributed by atoms with E-state index in [4.69, 9.17) is 0 Å². The SMILES string of the molecule is N#CC(C#N)(Cc1ccc(OC(F)(F)F)cc1)C1C=CC1. The average Bonchev–Trinajstić information content (AvgIpc) is 2.36. The molecule has 0 fully saturated rings. The minimum Gasteiger partial charge on any atom is -0.406 e. The number of nitriles is 2. The molecule has 1 aromatic carbocycles. The van der Waals surface area contributed by atoms with Gasteiger partial charge in [-0.2, -0.15) is 10.5 Å². The van der Waals surface area contributed by atoms with Gasteiger partial charge in [0.25, 0.3) is 0 Å². The Morgan fingerprint density at radius 3 is 2.10 bits per heavy atom. The first-order valence-corrected chi connectivity index (χ1v) is 6.22. The fraction of sp³-hybridized carbons (Fsp3) is 0.333. The number of hydrogen-bond acceptors (Lipinski definition) is 3. The molecule has 1 unspecified atom stereocenters. The Balaban J connectivity index is 2.14. The van der Waals surface area contributed by atoms with E-state index in [1.807, 2.05) is 24.3 Å². The molecule has 0 heterocycles. The van der Waals surface area contributed by atoms with Crippen LogP contribution < -0.4 is 4.74 Å². The largest absolute Gasteiger partial charge is 0.573 e. The van der Waals surface area contributed by atoms with Gasteiger partial charge >= 0.3 is 6.36 Å². The Bertz CT molecular complexity index is 606. The number of rotatable bonds is 4. The molecule has 108 valence electrons. The fourth-order valence-corrected chi connectivity index (χ4v) is 2.17. The van der Waals surface area contributed by atoms with Gasteiger partial charge < -0.3 is 4.74 Å². The summed E-state index contributed by atoms with van der Waals surface area (Å²) in [5.41, 5.74) is -0.561. The molecule has 1 aromatic rings. The number of alkyl halides is 3. The first kappa shape index (κ1) is 14.9. The summed E-state index contributed by atoms with van der Waals surface area (Å²) in [6.07, 6.45) is -0.207. The molecule has 0 amide bonds. The highest BCUT2D eigenvalue weighted by Gasteiger charge is 2.40. The van der Waals surface area contributed by atoms with Gasteiger partial charge in [0.2, 0.25) is 0 Å². The summed E-state index contributed by atoms with van der Waals surface area (Å²) in [4.78, 5) is 0. The predicted molar refractivity (Wildman–Crippen MR) is 67.7 cm³/mol. The van der Waals surface area contributed by atoms with Gasteiger partial charge in [-0.25, -0.2) is 0 Å². The lowest BCUT2D eigenvalue weighted by Gasteiger charge is -2.30. The summed E-state index contributed by atoms with van der Waals surface area (Å²) in [5, 5.41) is 18.6. The third kappa shape index (κ3) is 3.35. The van der Waals surface area contributed by atoms with Crippen molar-refractivity contribution in [1.29, 1.82) is 10.5 Å². The summed E-state index contributed by atoms with van der Waals surface area (Å²) in [5.74, 6) is -0.465. The first-order valence-electron chi connectivity index (χ1n) is 6.22. The molecule has 0 bridgehead atoms. The molecule has 0 N–H and O–H groups in total. The van der Waals surface area contributed by atoms with Crippen LogP contribution in [0.4, 0.5) is 13.2 Å². The van der Waals surface area contributed by atoms with Gasteiger partial charge in [0.1, 0.15) is 5.75 Å². The average molecular weight is 292 g/mol. The highest BCUT2D eigenvalue weighted by molar-refractivity contribution is 5.33. The second-order valence-corrected chi connectivity index (χ2v) is 4.83. The lowest BCUT2D eigenvalue weighted by molar-refractivity contribution is -0.274. The summed E-state index contributed by atoms with van der Waals surface area (Å²) in [7, 11) is 0. The summed E-state index contributed by atoms with van der Waals surface area (Å²) in [6, 6.07) is 9.32. The Labute approximate surface area is 119 Å². The maximum Gasteiger partial charge on any atom is 0.573 e. The standard InChI is InChI=1S/C15H11F3N2O/c16-15(17,18)21-13-6-4-11(5-7-13)8-14(9-19,10-20)12-2-1-3-12/h1-2,4-7,12H,3,8H2. The predicted octanol–water partition coefficient (Wildman–Crippen LogP) is 3.74. The van der Waals surface area contributed by atoms with E-state index in [1.165, 1.54) is 24.3 Å². The Kier molecular flexibility index (Phi) is 3.90. The maximum atomic E-state index is 12.1. The molecule has 0 saturated carbocycles. The van der Waals surface area contributed by atoms with Gasteiger partial charge in [-0.05, 0) is 24.1 Å². The molecule has 3 nitrogen and oxygen atoms in total. The molecule has 2 rings (SSSR count). The van der Waals surface area contributed by atoms with Crippen molar-refractivity contribution in [3.63, 3.8) is 0 Å². The van der Waals surface area contributed by atoms with Crippen molar-refractivity contribution in [3.8, 4) is 17.9 Å². The van der Waals surface area contributed by atoms with Crippen molar-refractivity contribution in [2.75, 3.05) is 0 Å². The molecule has 0 saturated heterocycles. The molecule has 6 heteroatoms. The zero-order valence-corrected chi connectivity index (χ0v) is 10.9. The molecule has 0 aliphatic heterocycles. The van der Waals surface area contributed by atoms with Crippen LogP contribution >= 0.6 is 0 Å². The monoisotopic (exact) mass is 292 g/mol. The van der Waals surface area contributed by atoms with Gasteiger partial charge in [0, 0.05) is 12.3 Å². The smallest absolute Gasteiger partial charge is 0.406 e. The summed E-state index contributed by atoms with van der Waals surface area (Å²) >= 11 is 0. The minimum atomic E-state index is -4.73. The van der Waals surface area contributed by atoms with Gasteiger partial charge in [0.15, 0.2) is 5.41 Å². The van der Waals surface area contributed by atoms with Crippen molar-refractivity contribution < 1.29 is 17.9 Å². The van der Waals surface area contributed by atoms with Gasteiger partial charge in [-0.1, -0.05) is 24.3 Å². The lowest BCUT2D eigenvalue weighted by atomic mass is 9.68. The van der Waals surface area contributed by atoms with Gasteiger partial charge in [-0.15, -0.1) is 13.2 Å². The van der Waals surface area contributed by atoms with E-state index < -0.39 is 11.8 Å². The summed E-state index contributed by atoms with van der Waals surface area (Å²) < 4.78 is 40.0. The Morgan fingerprint density at radius 1 is 1.14 bits per heavy atom. The third-order valence-corrected chi connectivity index (χ3v) is 3.43. The zero-order valence-electron chi connectivity index (χ0n) is 10.9. The Hall–Kier alpha value is -2.47. The topological polar surface area (TPSA) is 56.8 Å². The Morgan fingerprint density at radius 2 is 1.71 bits per heavy atom. The number of benzene rings is 1. The van der Waals surface area contributed by atoms with E-state index in [0.717, 1.165) is 0 Å². The van der Waals surface area contributed by atoms with Crippen molar-refractivity contribution >= 4 is 0 Å². The van der Waals surface area contributed by atoms with E-state index in [1.54, 1.807) is 0 Å². The van der Waals surface area contributed by atoms with Crippen LogP contribution in [-0.2, 0) is 6.42 Å². The molecule has 1 aliphatic carbocycles. The number of halogens is 3. The first-order chi connectivity index (χ1) is 9.88. The molecule has 1 aliphatic rings. The highest BCUT2D eigenvalue weighted by atomic mass is 19.4. The summed E-state index contributed by atoms with van der Waals surface area (Å²) in [6.45, 7) is 0. The van der Waals surface area contributed by atoms with Gasteiger partial charge in [-0.3, -0.25) is 0 Å². The van der Waals surface area contributed by atoms with Crippen molar-refractivity contribution in [3.05, 3.63) is 42.0 Å². The van der Waals surface area contributed by atoms with E-state index in [-0.39, 0.29) is 18.1 Å². The van der Waals surface area contributed by atoms with Crippen LogP contribution in [-0.4, -0.2) is 6.36 Å². The van der Waals surface area contributed by atoms with Crippen molar-refractivity contribution in [1.82, 2.24) is 0 Å². The quantitative estimate of drug-likeness (QED) is 0.794. The molecule has 0 spiro atoms. The molecule has 0 aromatic heterocycles. The van der Waals surface area contributed by atoms with Crippen LogP contribution in [0.2, 0.25) is 0 Å². The van der Waals surface area contributed by atoms with E-state index in [2.05, 4.69) is 4.74 Å². The van der Waals surface area contributed by atoms with Crippen LogP contribution in [0.25, 0.3) is 0 Å². The number of ether oxygens (including phenoxy) is 1. The van der Waals surface area contributed by atoms with Crippen LogP contribution in [0.15, 0.2) is 36.4 Å².